The van der Waals surface area contributed by atoms with Gasteiger partial charge in [0.1, 0.15) is 0 Å². The highest BCUT2D eigenvalue weighted by Crippen LogP contribution is 2.25. The monoisotopic (exact) mass is 286 g/mol. The van der Waals surface area contributed by atoms with E-state index >= 15 is 0 Å². The van der Waals surface area contributed by atoms with Crippen molar-refractivity contribution in [1.29, 1.82) is 0 Å². The van der Waals surface area contributed by atoms with Crippen molar-refractivity contribution in [2.45, 2.75) is 12.5 Å². The van der Waals surface area contributed by atoms with E-state index in [0.29, 0.717) is 6.42 Å². The lowest BCUT2D eigenvalue weighted by Crippen LogP contribution is -1.99. The van der Waals surface area contributed by atoms with Gasteiger partial charge in [0.05, 0.1) is 12.3 Å². The molecule has 3 nitrogen and oxygen atoms in total. The first kappa shape index (κ1) is 10.9. The van der Waals surface area contributed by atoms with Crippen LogP contribution < -0.4 is 0 Å². The highest BCUT2D eigenvalue weighted by atomic mass is 79.9. The molecule has 1 unspecified atom stereocenters. The molecule has 5 heteroatoms. The predicted molar refractivity (Wildman–Crippen MR) is 63.9 cm³/mol. The lowest BCUT2D eigenvalue weighted by atomic mass is 10.1. The van der Waals surface area contributed by atoms with Crippen molar-refractivity contribution in [3.63, 3.8) is 0 Å². The summed E-state index contributed by atoms with van der Waals surface area (Å²) in [6, 6.07) is 2.03. The average Bonchev–Trinajstić information content (AvgIpc) is 2.75. The third kappa shape index (κ3) is 2.68. The summed E-state index contributed by atoms with van der Waals surface area (Å²) in [5.74, 6) is 0. The number of aryl methyl sites for hydroxylation is 1. The van der Waals surface area contributed by atoms with Crippen LogP contribution in [0.1, 0.15) is 16.5 Å². The van der Waals surface area contributed by atoms with Gasteiger partial charge >= 0.3 is 0 Å². The number of nitrogens with zero attached hydrogens (tertiary/aromatic N) is 2. The van der Waals surface area contributed by atoms with Gasteiger partial charge in [0, 0.05) is 40.0 Å². The molecule has 1 atom stereocenters. The zero-order valence-corrected chi connectivity index (χ0v) is 10.6. The van der Waals surface area contributed by atoms with Crippen molar-refractivity contribution in [2.75, 3.05) is 0 Å². The Bertz CT molecular complexity index is 452. The van der Waals surface area contributed by atoms with Gasteiger partial charge in [-0.05, 0) is 22.0 Å². The molecular weight excluding hydrogens is 276 g/mol. The fraction of sp³-hybridized carbons (Fsp3) is 0.300. The summed E-state index contributed by atoms with van der Waals surface area (Å²) in [7, 11) is 1.85. The normalized spacial score (nSPS) is 13.0. The van der Waals surface area contributed by atoms with Crippen molar-refractivity contribution < 1.29 is 5.11 Å². The molecule has 80 valence electrons. The van der Waals surface area contributed by atoms with Crippen molar-refractivity contribution in [3.8, 4) is 0 Å². The highest BCUT2D eigenvalue weighted by Gasteiger charge is 2.11. The molecule has 0 radical (unpaired) electrons. The first-order valence-electron chi connectivity index (χ1n) is 4.54. The number of aliphatic hydroxyl groups excluding tert-OH is 1. The second-order valence-corrected chi connectivity index (χ2v) is 5.31. The minimum atomic E-state index is -0.468. The van der Waals surface area contributed by atoms with Crippen LogP contribution in [0.2, 0.25) is 0 Å². The largest absolute Gasteiger partial charge is 0.388 e. The summed E-state index contributed by atoms with van der Waals surface area (Å²) in [6.45, 7) is 0. The van der Waals surface area contributed by atoms with Gasteiger partial charge in [-0.2, -0.15) is 5.10 Å². The molecule has 0 saturated heterocycles. The summed E-state index contributed by atoms with van der Waals surface area (Å²) in [6.07, 6.45) is 3.71. The van der Waals surface area contributed by atoms with E-state index in [1.165, 1.54) is 4.88 Å². The van der Waals surface area contributed by atoms with Crippen molar-refractivity contribution in [3.05, 3.63) is 38.8 Å². The van der Waals surface area contributed by atoms with E-state index in [9.17, 15) is 5.11 Å². The molecule has 2 aromatic rings. The molecule has 2 rings (SSSR count). The van der Waals surface area contributed by atoms with Gasteiger partial charge in [-0.25, -0.2) is 0 Å². The van der Waals surface area contributed by atoms with E-state index < -0.39 is 6.10 Å². The van der Waals surface area contributed by atoms with Crippen LogP contribution in [-0.2, 0) is 13.5 Å². The number of hydrogen-bond donors (Lipinski definition) is 1. The molecular formula is C10H11BrN2OS. The van der Waals surface area contributed by atoms with E-state index in [1.54, 1.807) is 22.2 Å². The van der Waals surface area contributed by atoms with Crippen LogP contribution in [0.4, 0.5) is 0 Å². The van der Waals surface area contributed by atoms with Gasteiger partial charge in [-0.3, -0.25) is 4.68 Å². The molecule has 15 heavy (non-hydrogen) atoms. The highest BCUT2D eigenvalue weighted by molar-refractivity contribution is 9.10. The van der Waals surface area contributed by atoms with Gasteiger partial charge in [-0.15, -0.1) is 11.3 Å². The molecule has 0 bridgehead atoms. The Kier molecular flexibility index (Phi) is 3.23. The molecule has 0 aliphatic heterocycles. The zero-order valence-electron chi connectivity index (χ0n) is 8.22. The molecule has 2 aromatic heterocycles. The third-order valence-corrected chi connectivity index (χ3v) is 3.85. The van der Waals surface area contributed by atoms with Gasteiger partial charge in [0.2, 0.25) is 0 Å². The van der Waals surface area contributed by atoms with E-state index in [2.05, 4.69) is 21.0 Å². The topological polar surface area (TPSA) is 38.0 Å². The maximum absolute atomic E-state index is 9.93. The number of aliphatic hydroxyl groups is 1. The Hall–Kier alpha value is -0.650. The summed E-state index contributed by atoms with van der Waals surface area (Å²) >= 11 is 5.04. The molecule has 0 saturated carbocycles. The molecule has 0 amide bonds. The van der Waals surface area contributed by atoms with Crippen LogP contribution in [0, 0.1) is 0 Å². The fourth-order valence-electron chi connectivity index (χ4n) is 1.38. The number of aromatic nitrogens is 2. The van der Waals surface area contributed by atoms with Crippen LogP contribution in [-0.4, -0.2) is 14.9 Å². The molecule has 0 aromatic carbocycles. The summed E-state index contributed by atoms with van der Waals surface area (Å²) in [5.41, 5.74) is 0.863. The Morgan fingerprint density at radius 3 is 3.00 bits per heavy atom. The quantitative estimate of drug-likeness (QED) is 0.942. The number of rotatable bonds is 3. The first-order chi connectivity index (χ1) is 7.15. The maximum atomic E-state index is 9.93. The van der Waals surface area contributed by atoms with Crippen LogP contribution >= 0.6 is 27.3 Å². The van der Waals surface area contributed by atoms with E-state index in [4.69, 9.17) is 0 Å². The first-order valence-corrected chi connectivity index (χ1v) is 6.22. The zero-order chi connectivity index (χ0) is 10.8. The van der Waals surface area contributed by atoms with Crippen molar-refractivity contribution >= 4 is 27.3 Å². The van der Waals surface area contributed by atoms with E-state index in [0.717, 1.165) is 10.0 Å². The van der Waals surface area contributed by atoms with Crippen LogP contribution in [0.15, 0.2) is 28.3 Å². The second kappa shape index (κ2) is 4.47. The predicted octanol–water partition coefficient (Wildman–Crippen LogP) is 2.52. The van der Waals surface area contributed by atoms with E-state index in [-0.39, 0.29) is 0 Å². The van der Waals surface area contributed by atoms with Gasteiger partial charge in [0.25, 0.3) is 0 Å². The number of thiophene rings is 1. The number of halogens is 1. The Morgan fingerprint density at radius 2 is 2.47 bits per heavy atom. The van der Waals surface area contributed by atoms with Gasteiger partial charge in [0.15, 0.2) is 0 Å². The standard InChI is InChI=1S/C10H11BrN2OS/c1-13-5-7(4-12-13)10(14)3-9-2-8(11)6-15-9/h2,4-6,10,14H,3H2,1H3. The molecule has 0 aliphatic carbocycles. The van der Waals surface area contributed by atoms with Gasteiger partial charge in [-0.1, -0.05) is 0 Å². The van der Waals surface area contributed by atoms with Crippen molar-refractivity contribution in [2.24, 2.45) is 7.05 Å². The fourth-order valence-corrected chi connectivity index (χ4v) is 2.87. The van der Waals surface area contributed by atoms with Gasteiger partial charge < -0.3 is 5.11 Å². The van der Waals surface area contributed by atoms with E-state index in [1.807, 2.05) is 24.7 Å². The second-order valence-electron chi connectivity index (χ2n) is 3.40. The van der Waals surface area contributed by atoms with Crippen LogP contribution in [0.5, 0.6) is 0 Å². The Labute approximate surface area is 100 Å². The molecule has 0 spiro atoms. The molecule has 1 N–H and O–H groups in total. The lowest BCUT2D eigenvalue weighted by Gasteiger charge is -2.05. The molecule has 2 heterocycles. The Balaban J connectivity index is 2.06. The summed E-state index contributed by atoms with van der Waals surface area (Å²) in [5, 5.41) is 16.0. The SMILES string of the molecule is Cn1cc(C(O)Cc2cc(Br)cs2)cn1. The minimum absolute atomic E-state index is 0.468. The molecule has 0 fully saturated rings. The molecule has 0 aliphatic rings. The smallest absolute Gasteiger partial charge is 0.0868 e. The summed E-state index contributed by atoms with van der Waals surface area (Å²) in [4.78, 5) is 1.17. The Morgan fingerprint density at radius 1 is 1.67 bits per heavy atom. The van der Waals surface area contributed by atoms with Crippen LogP contribution in [0.3, 0.4) is 0 Å². The average molecular weight is 287 g/mol. The van der Waals surface area contributed by atoms with Crippen molar-refractivity contribution in [1.82, 2.24) is 9.78 Å². The maximum Gasteiger partial charge on any atom is 0.0868 e. The van der Waals surface area contributed by atoms with Crippen LogP contribution in [0.25, 0.3) is 0 Å². The lowest BCUT2D eigenvalue weighted by molar-refractivity contribution is 0.179. The number of hydrogen-bond acceptors (Lipinski definition) is 3. The third-order valence-electron chi connectivity index (χ3n) is 2.13. The minimum Gasteiger partial charge on any atom is -0.388 e. The summed E-state index contributed by atoms with van der Waals surface area (Å²) < 4.78 is 2.77.